The molecule has 0 aliphatic carbocycles. The van der Waals surface area contributed by atoms with Gasteiger partial charge < -0.3 is 15.4 Å². The van der Waals surface area contributed by atoms with E-state index in [2.05, 4.69) is 10.6 Å². The highest BCUT2D eigenvalue weighted by molar-refractivity contribution is 6.30. The van der Waals surface area contributed by atoms with E-state index in [0.29, 0.717) is 10.8 Å². The van der Waals surface area contributed by atoms with Gasteiger partial charge in [-0.15, -0.1) is 0 Å². The fourth-order valence-corrected chi connectivity index (χ4v) is 2.10. The van der Waals surface area contributed by atoms with Crippen molar-refractivity contribution in [1.29, 1.82) is 0 Å². The zero-order chi connectivity index (χ0) is 13.0. The van der Waals surface area contributed by atoms with Gasteiger partial charge in [-0.2, -0.15) is 0 Å². The van der Waals surface area contributed by atoms with Crippen LogP contribution in [-0.4, -0.2) is 31.1 Å². The Morgan fingerprint density at radius 3 is 2.83 bits per heavy atom. The Morgan fingerprint density at radius 1 is 1.50 bits per heavy atom. The predicted octanol–water partition coefficient (Wildman–Crippen LogP) is 1.59. The highest BCUT2D eigenvalue weighted by Crippen LogP contribution is 2.16. The van der Waals surface area contributed by atoms with Crippen molar-refractivity contribution < 1.29 is 9.53 Å². The lowest BCUT2D eigenvalue weighted by Gasteiger charge is -2.24. The number of halogens is 1. The fraction of sp³-hybridized carbons (Fsp3) is 0.462. The molecule has 5 heteroatoms. The molecule has 4 nitrogen and oxygen atoms in total. The molecule has 0 aromatic heterocycles. The molecule has 0 saturated carbocycles. The molecular formula is C13H17ClN2O2. The molecule has 1 aromatic carbocycles. The Morgan fingerprint density at radius 2 is 2.22 bits per heavy atom. The molecule has 0 bridgehead atoms. The van der Waals surface area contributed by atoms with Crippen LogP contribution in [0, 0.1) is 0 Å². The molecule has 1 atom stereocenters. The third-order valence-corrected chi connectivity index (χ3v) is 3.25. The van der Waals surface area contributed by atoms with E-state index in [4.69, 9.17) is 16.3 Å². The SMILES string of the molecule is CC1(NC(=O)COc2ccc(Cl)cc2)CCNC1. The van der Waals surface area contributed by atoms with E-state index in [1.807, 2.05) is 6.92 Å². The van der Waals surface area contributed by atoms with E-state index in [1.165, 1.54) is 0 Å². The minimum atomic E-state index is -0.152. The van der Waals surface area contributed by atoms with Gasteiger partial charge in [0.2, 0.25) is 0 Å². The summed E-state index contributed by atoms with van der Waals surface area (Å²) in [5, 5.41) is 6.86. The lowest BCUT2D eigenvalue weighted by molar-refractivity contribution is -0.124. The third kappa shape index (κ3) is 3.62. The van der Waals surface area contributed by atoms with Crippen LogP contribution >= 0.6 is 11.6 Å². The van der Waals surface area contributed by atoms with Gasteiger partial charge in [0, 0.05) is 11.6 Å². The van der Waals surface area contributed by atoms with Crippen LogP contribution in [0.15, 0.2) is 24.3 Å². The van der Waals surface area contributed by atoms with Gasteiger partial charge >= 0.3 is 0 Å². The van der Waals surface area contributed by atoms with Crippen LogP contribution in [0.4, 0.5) is 0 Å². The normalized spacial score (nSPS) is 22.8. The zero-order valence-electron chi connectivity index (χ0n) is 10.3. The second-order valence-corrected chi connectivity index (χ2v) is 5.21. The summed E-state index contributed by atoms with van der Waals surface area (Å²) in [6, 6.07) is 6.96. The Balaban J connectivity index is 1.79. The van der Waals surface area contributed by atoms with Crippen LogP contribution in [-0.2, 0) is 4.79 Å². The molecule has 18 heavy (non-hydrogen) atoms. The number of nitrogens with one attached hydrogen (secondary N) is 2. The molecule has 0 radical (unpaired) electrons. The maximum atomic E-state index is 11.8. The molecule has 1 aromatic rings. The van der Waals surface area contributed by atoms with E-state index in [0.717, 1.165) is 19.5 Å². The maximum Gasteiger partial charge on any atom is 0.258 e. The van der Waals surface area contributed by atoms with E-state index in [1.54, 1.807) is 24.3 Å². The summed E-state index contributed by atoms with van der Waals surface area (Å²) in [5.74, 6) is 0.542. The van der Waals surface area contributed by atoms with Crippen LogP contribution in [0.5, 0.6) is 5.75 Å². The molecule has 98 valence electrons. The highest BCUT2D eigenvalue weighted by atomic mass is 35.5. The Kier molecular flexibility index (Phi) is 4.09. The molecule has 0 spiro atoms. The summed E-state index contributed by atoms with van der Waals surface area (Å²) >= 11 is 5.76. The first-order valence-electron chi connectivity index (χ1n) is 5.98. The molecule has 1 aliphatic rings. The summed E-state index contributed by atoms with van der Waals surface area (Å²) in [6.45, 7) is 3.80. The van der Waals surface area contributed by atoms with Crippen molar-refractivity contribution in [3.63, 3.8) is 0 Å². The summed E-state index contributed by atoms with van der Waals surface area (Å²) < 4.78 is 5.39. The number of hydrogen-bond acceptors (Lipinski definition) is 3. The monoisotopic (exact) mass is 268 g/mol. The van der Waals surface area contributed by atoms with Crippen LogP contribution in [0.25, 0.3) is 0 Å². The standard InChI is InChI=1S/C13H17ClN2O2/c1-13(6-7-15-9-13)16-12(17)8-18-11-4-2-10(14)3-5-11/h2-5,15H,6-9H2,1H3,(H,16,17). The topological polar surface area (TPSA) is 50.4 Å². The molecule has 1 saturated heterocycles. The minimum Gasteiger partial charge on any atom is -0.484 e. The van der Waals surface area contributed by atoms with Crippen molar-refractivity contribution in [2.45, 2.75) is 18.9 Å². The van der Waals surface area contributed by atoms with E-state index in [-0.39, 0.29) is 18.1 Å². The number of hydrogen-bond donors (Lipinski definition) is 2. The van der Waals surface area contributed by atoms with Gasteiger partial charge in [0.05, 0.1) is 5.54 Å². The molecule has 1 fully saturated rings. The Labute approximate surface area is 112 Å². The largest absolute Gasteiger partial charge is 0.484 e. The maximum absolute atomic E-state index is 11.8. The highest BCUT2D eigenvalue weighted by Gasteiger charge is 2.29. The second-order valence-electron chi connectivity index (χ2n) is 4.78. The number of carbonyl (C=O) groups excluding carboxylic acids is 1. The summed E-state index contributed by atoms with van der Waals surface area (Å²) in [4.78, 5) is 11.8. The first kappa shape index (κ1) is 13.2. The molecule has 1 heterocycles. The first-order chi connectivity index (χ1) is 8.57. The van der Waals surface area contributed by atoms with Gasteiger partial charge in [0.1, 0.15) is 5.75 Å². The van der Waals surface area contributed by atoms with Crippen LogP contribution in [0.2, 0.25) is 5.02 Å². The van der Waals surface area contributed by atoms with Crippen LogP contribution < -0.4 is 15.4 Å². The van der Waals surface area contributed by atoms with Crippen molar-refractivity contribution in [1.82, 2.24) is 10.6 Å². The van der Waals surface area contributed by atoms with Gasteiger partial charge in [-0.25, -0.2) is 0 Å². The Bertz CT molecular complexity index is 414. The average molecular weight is 269 g/mol. The van der Waals surface area contributed by atoms with Gasteiger partial charge in [-0.05, 0) is 44.2 Å². The lowest BCUT2D eigenvalue weighted by Crippen LogP contribution is -2.49. The van der Waals surface area contributed by atoms with Crippen molar-refractivity contribution in [2.24, 2.45) is 0 Å². The second kappa shape index (κ2) is 5.59. The fourth-order valence-electron chi connectivity index (χ4n) is 1.98. The van der Waals surface area contributed by atoms with Crippen LogP contribution in [0.1, 0.15) is 13.3 Å². The van der Waals surface area contributed by atoms with Crippen molar-refractivity contribution >= 4 is 17.5 Å². The van der Waals surface area contributed by atoms with E-state index >= 15 is 0 Å². The average Bonchev–Trinajstić information content (AvgIpc) is 2.75. The van der Waals surface area contributed by atoms with Crippen molar-refractivity contribution in [2.75, 3.05) is 19.7 Å². The van der Waals surface area contributed by atoms with Crippen LogP contribution in [0.3, 0.4) is 0 Å². The number of ether oxygens (including phenoxy) is 1. The van der Waals surface area contributed by atoms with E-state index in [9.17, 15) is 4.79 Å². The third-order valence-electron chi connectivity index (χ3n) is 2.99. The van der Waals surface area contributed by atoms with Gasteiger partial charge in [-0.1, -0.05) is 11.6 Å². The smallest absolute Gasteiger partial charge is 0.258 e. The molecular weight excluding hydrogens is 252 g/mol. The molecule has 2 N–H and O–H groups in total. The quantitative estimate of drug-likeness (QED) is 0.872. The van der Waals surface area contributed by atoms with Gasteiger partial charge in [-0.3, -0.25) is 4.79 Å². The van der Waals surface area contributed by atoms with E-state index < -0.39 is 0 Å². The minimum absolute atomic E-state index is 0.0250. The molecule has 1 unspecified atom stereocenters. The molecule has 1 aliphatic heterocycles. The summed E-state index contributed by atoms with van der Waals surface area (Å²) in [5.41, 5.74) is -0.152. The number of amides is 1. The van der Waals surface area contributed by atoms with Crippen molar-refractivity contribution in [3.8, 4) is 5.75 Å². The molecule has 2 rings (SSSR count). The van der Waals surface area contributed by atoms with Crippen molar-refractivity contribution in [3.05, 3.63) is 29.3 Å². The van der Waals surface area contributed by atoms with Gasteiger partial charge in [0.25, 0.3) is 5.91 Å². The molecule has 1 amide bonds. The first-order valence-corrected chi connectivity index (χ1v) is 6.35. The number of rotatable bonds is 4. The zero-order valence-corrected chi connectivity index (χ0v) is 11.1. The van der Waals surface area contributed by atoms with Gasteiger partial charge in [0.15, 0.2) is 6.61 Å². The summed E-state index contributed by atoms with van der Waals surface area (Å²) in [6.07, 6.45) is 0.944. The summed E-state index contributed by atoms with van der Waals surface area (Å²) in [7, 11) is 0. The predicted molar refractivity (Wildman–Crippen MR) is 71.0 cm³/mol. The number of carbonyl (C=O) groups is 1. The lowest BCUT2D eigenvalue weighted by atomic mass is 10.0. The number of benzene rings is 1. The Hall–Kier alpha value is -1.26.